The molecule has 0 saturated heterocycles. The summed E-state index contributed by atoms with van der Waals surface area (Å²) < 4.78 is 14.4. The van der Waals surface area contributed by atoms with E-state index in [2.05, 4.69) is 4.72 Å². The fourth-order valence-electron chi connectivity index (χ4n) is 0.901. The summed E-state index contributed by atoms with van der Waals surface area (Å²) in [5.41, 5.74) is 2.28. The summed E-state index contributed by atoms with van der Waals surface area (Å²) in [7, 11) is -1.14. The van der Waals surface area contributed by atoms with Gasteiger partial charge in [-0.25, -0.2) is 4.21 Å². The van der Waals surface area contributed by atoms with Crippen LogP contribution in [-0.4, -0.2) is 4.21 Å². The number of aryl methyl sites for hydroxylation is 1. The Bertz CT molecular complexity index is 350. The SMILES string of the molecule is CC(C)=CN[S@@](=O)c1ccc(C)cc1. The highest BCUT2D eigenvalue weighted by atomic mass is 32.2. The number of allylic oxidation sites excluding steroid dienone is 1. The fourth-order valence-corrected chi connectivity index (χ4v) is 1.76. The molecule has 1 atom stereocenters. The molecule has 0 saturated carbocycles. The van der Waals surface area contributed by atoms with Crippen LogP contribution in [0, 0.1) is 6.92 Å². The highest BCUT2D eigenvalue weighted by Gasteiger charge is 1.99. The van der Waals surface area contributed by atoms with Crippen LogP contribution in [0.15, 0.2) is 40.9 Å². The molecule has 1 aromatic rings. The quantitative estimate of drug-likeness (QED) is 0.814. The number of hydrogen-bond acceptors (Lipinski definition) is 1. The average molecular weight is 209 g/mol. The highest BCUT2D eigenvalue weighted by Crippen LogP contribution is 2.06. The first-order valence-corrected chi connectivity index (χ1v) is 5.62. The maximum atomic E-state index is 11.6. The number of hydrogen-bond donors (Lipinski definition) is 1. The lowest BCUT2D eigenvalue weighted by Crippen LogP contribution is -2.10. The topological polar surface area (TPSA) is 29.1 Å². The molecule has 0 amide bonds. The molecule has 0 aliphatic rings. The van der Waals surface area contributed by atoms with Crippen LogP contribution in [0.2, 0.25) is 0 Å². The molecule has 2 nitrogen and oxygen atoms in total. The largest absolute Gasteiger partial charge is 0.308 e. The molecule has 3 heteroatoms. The van der Waals surface area contributed by atoms with E-state index in [0.717, 1.165) is 10.5 Å². The van der Waals surface area contributed by atoms with Crippen LogP contribution < -0.4 is 4.72 Å². The summed E-state index contributed by atoms with van der Waals surface area (Å²) in [5, 5.41) is 0. The van der Waals surface area contributed by atoms with Crippen molar-refractivity contribution in [2.75, 3.05) is 0 Å². The molecule has 1 N–H and O–H groups in total. The number of rotatable bonds is 3. The molecule has 0 aliphatic heterocycles. The molecule has 0 bridgehead atoms. The van der Waals surface area contributed by atoms with Crippen molar-refractivity contribution in [1.82, 2.24) is 4.72 Å². The monoisotopic (exact) mass is 209 g/mol. The molecular weight excluding hydrogens is 194 g/mol. The van der Waals surface area contributed by atoms with Crippen LogP contribution in [0.4, 0.5) is 0 Å². The van der Waals surface area contributed by atoms with Crippen LogP contribution in [0.3, 0.4) is 0 Å². The second-order valence-electron chi connectivity index (χ2n) is 3.42. The molecule has 0 radical (unpaired) electrons. The molecule has 1 rings (SSSR count). The van der Waals surface area contributed by atoms with Crippen molar-refractivity contribution in [2.45, 2.75) is 25.7 Å². The minimum absolute atomic E-state index is 0.799. The van der Waals surface area contributed by atoms with Gasteiger partial charge in [0.1, 0.15) is 11.0 Å². The predicted octanol–water partition coefficient (Wildman–Crippen LogP) is 2.53. The van der Waals surface area contributed by atoms with Crippen molar-refractivity contribution in [1.29, 1.82) is 0 Å². The van der Waals surface area contributed by atoms with E-state index in [1.807, 2.05) is 45.0 Å². The zero-order chi connectivity index (χ0) is 10.6. The molecular formula is C11H15NOS. The van der Waals surface area contributed by atoms with E-state index in [1.165, 1.54) is 5.56 Å². The standard InChI is InChI=1S/C11H15NOS/c1-9(2)8-12-14(13)11-6-4-10(3)5-7-11/h4-8,12H,1-3H3/t14-/m0/s1. The second-order valence-corrected chi connectivity index (χ2v) is 4.67. The van der Waals surface area contributed by atoms with Gasteiger partial charge < -0.3 is 4.72 Å². The number of nitrogens with one attached hydrogen (secondary N) is 1. The molecule has 0 fully saturated rings. The third kappa shape index (κ3) is 3.34. The lowest BCUT2D eigenvalue weighted by atomic mass is 10.2. The van der Waals surface area contributed by atoms with Crippen molar-refractivity contribution in [2.24, 2.45) is 0 Å². The van der Waals surface area contributed by atoms with Gasteiger partial charge in [-0.2, -0.15) is 0 Å². The molecule has 0 aromatic heterocycles. The molecule has 0 aliphatic carbocycles. The van der Waals surface area contributed by atoms with Crippen molar-refractivity contribution in [3.63, 3.8) is 0 Å². The Morgan fingerprint density at radius 3 is 2.36 bits per heavy atom. The van der Waals surface area contributed by atoms with Crippen LogP contribution in [0.25, 0.3) is 0 Å². The lowest BCUT2D eigenvalue weighted by Gasteiger charge is -2.02. The summed E-state index contributed by atoms with van der Waals surface area (Å²) in [6, 6.07) is 7.66. The molecule has 0 spiro atoms. The summed E-state index contributed by atoms with van der Waals surface area (Å²) in [5.74, 6) is 0. The van der Waals surface area contributed by atoms with Gasteiger partial charge in [-0.1, -0.05) is 23.3 Å². The minimum Gasteiger partial charge on any atom is -0.308 e. The molecule has 0 unspecified atom stereocenters. The second kappa shape index (κ2) is 4.96. The Balaban J connectivity index is 2.70. The lowest BCUT2D eigenvalue weighted by molar-refractivity contribution is 0.679. The maximum Gasteiger partial charge on any atom is 0.149 e. The summed E-state index contributed by atoms with van der Waals surface area (Å²) >= 11 is 0. The third-order valence-corrected chi connectivity index (χ3v) is 2.72. The molecule has 76 valence electrons. The average Bonchev–Trinajstić information content (AvgIpc) is 2.15. The van der Waals surface area contributed by atoms with Gasteiger partial charge in [0, 0.05) is 6.20 Å². The van der Waals surface area contributed by atoms with E-state index < -0.39 is 11.0 Å². The van der Waals surface area contributed by atoms with Crippen LogP contribution in [0.5, 0.6) is 0 Å². The highest BCUT2D eigenvalue weighted by molar-refractivity contribution is 7.83. The van der Waals surface area contributed by atoms with Gasteiger partial charge in [0.05, 0.1) is 4.90 Å². The first-order valence-electron chi connectivity index (χ1n) is 4.47. The third-order valence-electron chi connectivity index (χ3n) is 1.69. The Labute approximate surface area is 87.6 Å². The van der Waals surface area contributed by atoms with E-state index in [0.29, 0.717) is 0 Å². The van der Waals surface area contributed by atoms with Crippen LogP contribution in [0.1, 0.15) is 19.4 Å². The van der Waals surface area contributed by atoms with Crippen molar-refractivity contribution < 1.29 is 4.21 Å². The fraction of sp³-hybridized carbons (Fsp3) is 0.273. The Morgan fingerprint density at radius 2 is 1.86 bits per heavy atom. The summed E-state index contributed by atoms with van der Waals surface area (Å²) in [6.07, 6.45) is 1.76. The molecule has 0 heterocycles. The zero-order valence-corrected chi connectivity index (χ0v) is 9.52. The van der Waals surface area contributed by atoms with E-state index in [4.69, 9.17) is 0 Å². The minimum atomic E-state index is -1.14. The zero-order valence-electron chi connectivity index (χ0n) is 8.70. The predicted molar refractivity (Wildman–Crippen MR) is 60.2 cm³/mol. The van der Waals surface area contributed by atoms with Gasteiger partial charge in [-0.3, -0.25) is 0 Å². The summed E-state index contributed by atoms with van der Waals surface area (Å²) in [4.78, 5) is 0.799. The van der Waals surface area contributed by atoms with Gasteiger partial charge in [-0.15, -0.1) is 0 Å². The Morgan fingerprint density at radius 1 is 1.29 bits per heavy atom. The first-order chi connectivity index (χ1) is 6.59. The van der Waals surface area contributed by atoms with Crippen molar-refractivity contribution in [3.8, 4) is 0 Å². The molecule has 14 heavy (non-hydrogen) atoms. The normalized spacial score (nSPS) is 11.9. The maximum absolute atomic E-state index is 11.6. The summed E-state index contributed by atoms with van der Waals surface area (Å²) in [6.45, 7) is 5.93. The van der Waals surface area contributed by atoms with Crippen LogP contribution in [-0.2, 0) is 11.0 Å². The Kier molecular flexibility index (Phi) is 3.89. The van der Waals surface area contributed by atoms with Crippen molar-refractivity contribution >= 4 is 11.0 Å². The van der Waals surface area contributed by atoms with E-state index >= 15 is 0 Å². The van der Waals surface area contributed by atoms with Crippen molar-refractivity contribution in [3.05, 3.63) is 41.6 Å². The van der Waals surface area contributed by atoms with E-state index in [-0.39, 0.29) is 0 Å². The van der Waals surface area contributed by atoms with Gasteiger partial charge in [0.2, 0.25) is 0 Å². The molecule has 1 aromatic carbocycles. The smallest absolute Gasteiger partial charge is 0.149 e. The van der Waals surface area contributed by atoms with Crippen LogP contribution >= 0.6 is 0 Å². The Hall–Kier alpha value is -1.09. The number of benzene rings is 1. The van der Waals surface area contributed by atoms with Gasteiger partial charge in [0.15, 0.2) is 0 Å². The van der Waals surface area contributed by atoms with Gasteiger partial charge in [-0.05, 0) is 32.9 Å². The first kappa shape index (κ1) is 11.0. The van der Waals surface area contributed by atoms with E-state index in [1.54, 1.807) is 6.20 Å². The van der Waals surface area contributed by atoms with Gasteiger partial charge >= 0.3 is 0 Å². The van der Waals surface area contributed by atoms with Gasteiger partial charge in [0.25, 0.3) is 0 Å². The van der Waals surface area contributed by atoms with E-state index in [9.17, 15) is 4.21 Å².